The molecule has 6 heteroatoms. The van der Waals surface area contributed by atoms with Crippen LogP contribution in [0.5, 0.6) is 0 Å². The van der Waals surface area contributed by atoms with Crippen LogP contribution in [0.4, 0.5) is 0 Å². The van der Waals surface area contributed by atoms with Crippen molar-refractivity contribution in [3.05, 3.63) is 0 Å². The van der Waals surface area contributed by atoms with Crippen LogP contribution in [0.2, 0.25) is 0 Å². The number of hydrogen-bond donors (Lipinski definition) is 3. The summed E-state index contributed by atoms with van der Waals surface area (Å²) in [6.07, 6.45) is 0.249. The van der Waals surface area contributed by atoms with Crippen LogP contribution >= 0.6 is 0 Å². The number of aliphatic hydroxyl groups excluding tert-OH is 1. The molecule has 1 atom stereocenters. The highest BCUT2D eigenvalue weighted by Crippen LogP contribution is 1.72. The molecule has 6 nitrogen and oxygen atoms in total. The lowest BCUT2D eigenvalue weighted by Gasteiger charge is -2.12. The second kappa shape index (κ2) is 7.28. The smallest absolute Gasteiger partial charge is 0.225 e. The second-order valence-corrected chi connectivity index (χ2v) is 3.08. The maximum atomic E-state index is 11.0. The Labute approximate surface area is 82.5 Å². The molecule has 82 valence electrons. The van der Waals surface area contributed by atoms with E-state index in [2.05, 4.69) is 5.32 Å². The van der Waals surface area contributed by atoms with Gasteiger partial charge < -0.3 is 25.2 Å². The van der Waals surface area contributed by atoms with Gasteiger partial charge in [-0.3, -0.25) is 4.79 Å². The minimum atomic E-state index is -1.30. The third-order valence-corrected chi connectivity index (χ3v) is 1.75. The molecular weight excluding hydrogens is 188 g/mol. The number of nitrogens with one attached hydrogen (secondary N) is 2. The van der Waals surface area contributed by atoms with Crippen LogP contribution in [-0.2, 0) is 9.59 Å². The summed E-state index contributed by atoms with van der Waals surface area (Å²) in [4.78, 5) is 22.0. The van der Waals surface area contributed by atoms with E-state index in [4.69, 9.17) is 5.11 Å². The summed E-state index contributed by atoms with van der Waals surface area (Å²) in [5.74, 6) is -1.61. The van der Waals surface area contributed by atoms with E-state index in [1.807, 2.05) is 7.05 Å². The number of carbonyl (C=O) groups is 2. The van der Waals surface area contributed by atoms with Crippen LogP contribution in [0.1, 0.15) is 6.42 Å². The van der Waals surface area contributed by atoms with Crippen molar-refractivity contribution in [1.29, 1.82) is 0 Å². The van der Waals surface area contributed by atoms with Crippen molar-refractivity contribution in [3.8, 4) is 0 Å². The van der Waals surface area contributed by atoms with E-state index in [0.717, 1.165) is 4.90 Å². The molecule has 0 aromatic heterocycles. The molecule has 0 saturated carbocycles. The van der Waals surface area contributed by atoms with Crippen molar-refractivity contribution in [2.45, 2.75) is 6.42 Å². The predicted molar refractivity (Wildman–Crippen MR) is 46.3 cm³/mol. The first-order valence-corrected chi connectivity index (χ1v) is 4.45. The summed E-state index contributed by atoms with van der Waals surface area (Å²) in [6, 6.07) is 0. The molecule has 0 heterocycles. The molecule has 1 amide bonds. The largest absolute Gasteiger partial charge is 0.548 e. The van der Waals surface area contributed by atoms with E-state index in [-0.39, 0.29) is 18.9 Å². The molecule has 0 spiro atoms. The third-order valence-electron chi connectivity index (χ3n) is 1.75. The lowest BCUT2D eigenvalue weighted by atomic mass is 10.3. The van der Waals surface area contributed by atoms with Gasteiger partial charge in [-0.15, -0.1) is 0 Å². The molecule has 3 N–H and O–H groups in total. The van der Waals surface area contributed by atoms with Crippen LogP contribution in [0.3, 0.4) is 0 Å². The summed E-state index contributed by atoms with van der Waals surface area (Å²) in [5, 5.41) is 20.8. The number of likely N-dealkylation sites (N-methyl/N-ethyl adjacent to an activating group) is 1. The first-order chi connectivity index (χ1) is 6.56. The van der Waals surface area contributed by atoms with Crippen molar-refractivity contribution in [3.63, 3.8) is 0 Å². The predicted octanol–water partition coefficient (Wildman–Crippen LogP) is -4.25. The van der Waals surface area contributed by atoms with Gasteiger partial charge in [-0.05, 0) is 0 Å². The van der Waals surface area contributed by atoms with E-state index in [1.54, 1.807) is 0 Å². The van der Waals surface area contributed by atoms with E-state index in [9.17, 15) is 14.7 Å². The molecule has 0 aromatic carbocycles. The molecule has 1 unspecified atom stereocenters. The number of carboxylic acid groups (broad SMARTS) is 1. The molecule has 0 radical (unpaired) electrons. The number of amides is 1. The van der Waals surface area contributed by atoms with Gasteiger partial charge in [-0.2, -0.15) is 0 Å². The number of aliphatic hydroxyl groups is 1. The van der Waals surface area contributed by atoms with Crippen LogP contribution in [0.15, 0.2) is 0 Å². The van der Waals surface area contributed by atoms with Gasteiger partial charge in [0.25, 0.3) is 0 Å². The number of hydrogen-bond acceptors (Lipinski definition) is 4. The third kappa shape index (κ3) is 7.51. The van der Waals surface area contributed by atoms with Gasteiger partial charge in [0, 0.05) is 0 Å². The maximum absolute atomic E-state index is 11.0. The highest BCUT2D eigenvalue weighted by molar-refractivity contribution is 5.80. The summed E-state index contributed by atoms with van der Waals surface area (Å²) >= 11 is 0. The summed E-state index contributed by atoms with van der Waals surface area (Å²) < 4.78 is 0. The number of quaternary nitrogens is 1. The maximum Gasteiger partial charge on any atom is 0.225 e. The molecule has 0 saturated heterocycles. The van der Waals surface area contributed by atoms with E-state index >= 15 is 0 Å². The van der Waals surface area contributed by atoms with E-state index < -0.39 is 12.5 Å². The van der Waals surface area contributed by atoms with Crippen molar-refractivity contribution in [2.75, 3.05) is 33.3 Å². The SMILES string of the molecule is C[NH+](CCO)CCC(=O)NCC(=O)[O-]. The Hall–Kier alpha value is -1.14. The Bertz CT molecular complexity index is 196. The minimum Gasteiger partial charge on any atom is -0.548 e. The van der Waals surface area contributed by atoms with Crippen molar-refractivity contribution in [2.24, 2.45) is 0 Å². The Morgan fingerprint density at radius 2 is 2.07 bits per heavy atom. The zero-order valence-electron chi connectivity index (χ0n) is 8.21. The fraction of sp³-hybridized carbons (Fsp3) is 0.750. The first-order valence-electron chi connectivity index (χ1n) is 4.45. The number of carboxylic acids is 1. The highest BCUT2D eigenvalue weighted by atomic mass is 16.4. The Morgan fingerprint density at radius 3 is 2.57 bits per heavy atom. The van der Waals surface area contributed by atoms with Gasteiger partial charge in [0.1, 0.15) is 6.54 Å². The molecule has 0 rings (SSSR count). The Kier molecular flexibility index (Phi) is 6.69. The molecule has 0 aliphatic carbocycles. The van der Waals surface area contributed by atoms with Crippen LogP contribution < -0.4 is 15.3 Å². The zero-order valence-corrected chi connectivity index (χ0v) is 8.21. The standard InChI is InChI=1S/C8H16N2O4/c1-10(4-5-11)3-2-7(12)9-6-8(13)14/h11H,2-6H2,1H3,(H,9,12)(H,13,14). The summed E-state index contributed by atoms with van der Waals surface area (Å²) in [7, 11) is 1.85. The molecule has 0 aliphatic rings. The van der Waals surface area contributed by atoms with Crippen molar-refractivity contribution in [1.82, 2.24) is 5.32 Å². The van der Waals surface area contributed by atoms with E-state index in [0.29, 0.717) is 13.1 Å². The monoisotopic (exact) mass is 204 g/mol. The fourth-order valence-electron chi connectivity index (χ4n) is 0.902. The van der Waals surface area contributed by atoms with Gasteiger partial charge in [-0.1, -0.05) is 0 Å². The average Bonchev–Trinajstić information content (AvgIpc) is 2.12. The van der Waals surface area contributed by atoms with Crippen LogP contribution in [0, 0.1) is 0 Å². The van der Waals surface area contributed by atoms with Gasteiger partial charge in [0.2, 0.25) is 5.91 Å². The lowest BCUT2D eigenvalue weighted by Crippen LogP contribution is -3.09. The number of carbonyl (C=O) groups excluding carboxylic acids is 2. The Morgan fingerprint density at radius 1 is 1.43 bits per heavy atom. The normalized spacial score (nSPS) is 12.1. The van der Waals surface area contributed by atoms with Gasteiger partial charge >= 0.3 is 0 Å². The van der Waals surface area contributed by atoms with E-state index in [1.165, 1.54) is 0 Å². The molecule has 0 fully saturated rings. The molecule has 0 aromatic rings. The average molecular weight is 204 g/mol. The number of aliphatic carboxylic acids is 1. The summed E-state index contributed by atoms with van der Waals surface area (Å²) in [5.41, 5.74) is 0. The summed E-state index contributed by atoms with van der Waals surface area (Å²) in [6.45, 7) is 0.775. The van der Waals surface area contributed by atoms with Crippen molar-refractivity contribution >= 4 is 11.9 Å². The van der Waals surface area contributed by atoms with Crippen LogP contribution in [-0.4, -0.2) is 50.3 Å². The topological polar surface area (TPSA) is 93.9 Å². The lowest BCUT2D eigenvalue weighted by molar-refractivity contribution is -0.879. The van der Waals surface area contributed by atoms with Crippen molar-refractivity contribution < 1.29 is 24.7 Å². The zero-order chi connectivity index (χ0) is 11.0. The molecular formula is C8H16N2O4. The molecule has 0 aliphatic heterocycles. The first kappa shape index (κ1) is 12.9. The van der Waals surface area contributed by atoms with Gasteiger partial charge in [0.15, 0.2) is 0 Å². The number of rotatable bonds is 7. The quantitative estimate of drug-likeness (QED) is 0.391. The fourth-order valence-corrected chi connectivity index (χ4v) is 0.902. The van der Waals surface area contributed by atoms with Gasteiger partial charge in [-0.25, -0.2) is 0 Å². The molecule has 14 heavy (non-hydrogen) atoms. The Balaban J connectivity index is 3.48. The minimum absolute atomic E-state index is 0.0759. The van der Waals surface area contributed by atoms with Crippen LogP contribution in [0.25, 0.3) is 0 Å². The second-order valence-electron chi connectivity index (χ2n) is 3.08. The molecule has 0 bridgehead atoms. The van der Waals surface area contributed by atoms with Gasteiger partial charge in [0.05, 0.1) is 39.1 Å². The highest BCUT2D eigenvalue weighted by Gasteiger charge is 2.05.